The zero-order valence-electron chi connectivity index (χ0n) is 12.8. The Bertz CT molecular complexity index is 725. The van der Waals surface area contributed by atoms with Crippen molar-refractivity contribution in [3.63, 3.8) is 0 Å². The molecule has 0 radical (unpaired) electrons. The van der Waals surface area contributed by atoms with E-state index in [0.717, 1.165) is 0 Å². The largest absolute Gasteiger partial charge is 0.481 e. The van der Waals surface area contributed by atoms with E-state index < -0.39 is 12.0 Å². The molecule has 122 valence electrons. The fourth-order valence-electron chi connectivity index (χ4n) is 1.73. The third kappa shape index (κ3) is 4.71. The van der Waals surface area contributed by atoms with Crippen LogP contribution in [0, 0.1) is 6.92 Å². The monoisotopic (exact) mass is 355 g/mol. The van der Waals surface area contributed by atoms with E-state index in [0.29, 0.717) is 27.4 Å². The van der Waals surface area contributed by atoms with Crippen LogP contribution in [0.5, 0.6) is 11.6 Å². The van der Waals surface area contributed by atoms with Crippen molar-refractivity contribution in [2.24, 2.45) is 0 Å². The summed E-state index contributed by atoms with van der Waals surface area (Å²) in [5.41, 5.74) is 0.668. The van der Waals surface area contributed by atoms with Gasteiger partial charge in [-0.1, -0.05) is 23.2 Å². The van der Waals surface area contributed by atoms with Crippen molar-refractivity contribution in [2.45, 2.75) is 20.0 Å². The summed E-state index contributed by atoms with van der Waals surface area (Å²) in [6, 6.07) is 6.42. The molecule has 1 aromatic carbocycles. The molecule has 0 saturated heterocycles. The first-order valence-electron chi connectivity index (χ1n) is 6.71. The number of halogens is 2. The van der Waals surface area contributed by atoms with Gasteiger partial charge in [0, 0.05) is 16.8 Å². The van der Waals surface area contributed by atoms with Crippen molar-refractivity contribution in [2.75, 3.05) is 12.4 Å². The first-order chi connectivity index (χ1) is 10.9. The molecular formula is C15H15Cl2N3O3. The van der Waals surface area contributed by atoms with Crippen molar-refractivity contribution in [1.29, 1.82) is 0 Å². The van der Waals surface area contributed by atoms with Gasteiger partial charge in [0.2, 0.25) is 11.8 Å². The Kier molecular flexibility index (Phi) is 5.63. The number of carbonyl (C=O) groups excluding carboxylic acids is 1. The van der Waals surface area contributed by atoms with Crippen LogP contribution in [0.3, 0.4) is 0 Å². The Morgan fingerprint density at radius 2 is 2.00 bits per heavy atom. The number of carbonyl (C=O) groups is 1. The molecule has 8 heteroatoms. The molecule has 0 fully saturated rings. The number of rotatable bonds is 5. The smallest absolute Gasteiger partial charge is 0.267 e. The van der Waals surface area contributed by atoms with Crippen LogP contribution in [0.25, 0.3) is 0 Å². The van der Waals surface area contributed by atoms with Crippen LogP contribution >= 0.6 is 23.2 Å². The summed E-state index contributed by atoms with van der Waals surface area (Å²) >= 11 is 11.8. The lowest BCUT2D eigenvalue weighted by Gasteiger charge is -2.15. The number of nitrogens with zero attached hydrogens (tertiary/aromatic N) is 2. The minimum atomic E-state index is -0.802. The first kappa shape index (κ1) is 17.3. The number of hydrogen-bond acceptors (Lipinski definition) is 5. The average molecular weight is 356 g/mol. The van der Waals surface area contributed by atoms with E-state index in [1.807, 2.05) is 0 Å². The predicted octanol–water partition coefficient (Wildman–Crippen LogP) is 3.51. The normalized spacial score (nSPS) is 11.7. The number of aryl methyl sites for hydroxylation is 1. The van der Waals surface area contributed by atoms with Crippen LogP contribution < -0.4 is 14.8 Å². The van der Waals surface area contributed by atoms with Crippen LogP contribution in [-0.4, -0.2) is 29.1 Å². The van der Waals surface area contributed by atoms with Gasteiger partial charge in [-0.2, -0.15) is 4.98 Å². The van der Waals surface area contributed by atoms with Crippen LogP contribution in [0.4, 0.5) is 5.95 Å². The van der Waals surface area contributed by atoms with E-state index in [2.05, 4.69) is 15.3 Å². The maximum Gasteiger partial charge on any atom is 0.267 e. The number of hydrogen-bond donors (Lipinski definition) is 1. The lowest BCUT2D eigenvalue weighted by atomic mass is 10.3. The van der Waals surface area contributed by atoms with Crippen LogP contribution in [-0.2, 0) is 4.79 Å². The topological polar surface area (TPSA) is 73.3 Å². The minimum absolute atomic E-state index is 0.143. The molecule has 23 heavy (non-hydrogen) atoms. The van der Waals surface area contributed by atoms with Gasteiger partial charge in [-0.15, -0.1) is 0 Å². The molecule has 1 atom stereocenters. The Morgan fingerprint density at radius 1 is 1.26 bits per heavy atom. The molecule has 0 bridgehead atoms. The molecule has 0 aliphatic heterocycles. The van der Waals surface area contributed by atoms with Crippen molar-refractivity contribution in [3.05, 3.63) is 40.0 Å². The van der Waals surface area contributed by atoms with E-state index in [1.165, 1.54) is 13.2 Å². The SMILES string of the molecule is COc1cc(C)nc(NC(=O)C(C)Oc2ccc(Cl)cc2Cl)n1. The fourth-order valence-corrected chi connectivity index (χ4v) is 2.18. The van der Waals surface area contributed by atoms with Crippen LogP contribution in [0.1, 0.15) is 12.6 Å². The maximum absolute atomic E-state index is 12.2. The van der Waals surface area contributed by atoms with Crippen molar-refractivity contribution < 1.29 is 14.3 Å². The Hall–Kier alpha value is -2.05. The summed E-state index contributed by atoms with van der Waals surface area (Å²) in [6.07, 6.45) is -0.802. The lowest BCUT2D eigenvalue weighted by Crippen LogP contribution is -2.31. The van der Waals surface area contributed by atoms with E-state index in [4.69, 9.17) is 32.7 Å². The second-order valence-corrected chi connectivity index (χ2v) is 5.54. The molecular weight excluding hydrogens is 341 g/mol. The maximum atomic E-state index is 12.2. The van der Waals surface area contributed by atoms with E-state index in [9.17, 15) is 4.79 Å². The lowest BCUT2D eigenvalue weighted by molar-refractivity contribution is -0.122. The predicted molar refractivity (Wildman–Crippen MR) is 88.5 cm³/mol. The second kappa shape index (κ2) is 7.48. The fraction of sp³-hybridized carbons (Fsp3) is 0.267. The summed E-state index contributed by atoms with van der Waals surface area (Å²) < 4.78 is 10.6. The molecule has 1 amide bonds. The highest BCUT2D eigenvalue weighted by Crippen LogP contribution is 2.28. The summed E-state index contributed by atoms with van der Waals surface area (Å²) in [6.45, 7) is 3.36. The molecule has 1 heterocycles. The van der Waals surface area contributed by atoms with Gasteiger partial charge in [0.25, 0.3) is 5.91 Å². The molecule has 1 aromatic heterocycles. The van der Waals surface area contributed by atoms with Gasteiger partial charge in [-0.05, 0) is 32.0 Å². The first-order valence-corrected chi connectivity index (χ1v) is 7.47. The van der Waals surface area contributed by atoms with Crippen molar-refractivity contribution in [3.8, 4) is 11.6 Å². The third-order valence-corrected chi connectivity index (χ3v) is 3.37. The van der Waals surface area contributed by atoms with Crippen LogP contribution in [0.15, 0.2) is 24.3 Å². The zero-order valence-corrected chi connectivity index (χ0v) is 14.3. The number of amides is 1. The number of aromatic nitrogens is 2. The number of nitrogens with one attached hydrogen (secondary N) is 1. The quantitative estimate of drug-likeness (QED) is 0.888. The van der Waals surface area contributed by atoms with Crippen molar-refractivity contribution in [1.82, 2.24) is 9.97 Å². The van der Waals surface area contributed by atoms with Gasteiger partial charge >= 0.3 is 0 Å². The standard InChI is InChI=1S/C15H15Cl2N3O3/c1-8-6-13(22-3)19-15(18-8)20-14(21)9(2)23-12-5-4-10(16)7-11(12)17/h4-7,9H,1-3H3,(H,18,19,20,21). The van der Waals surface area contributed by atoms with E-state index >= 15 is 0 Å². The Balaban J connectivity index is 2.06. The van der Waals surface area contributed by atoms with Gasteiger partial charge in [0.05, 0.1) is 12.1 Å². The summed E-state index contributed by atoms with van der Waals surface area (Å²) in [7, 11) is 1.49. The van der Waals surface area contributed by atoms with E-state index in [-0.39, 0.29) is 5.95 Å². The second-order valence-electron chi connectivity index (χ2n) is 4.70. The van der Waals surface area contributed by atoms with Gasteiger partial charge in [-0.3, -0.25) is 10.1 Å². The zero-order chi connectivity index (χ0) is 17.0. The molecule has 2 rings (SSSR count). The van der Waals surface area contributed by atoms with Gasteiger partial charge < -0.3 is 9.47 Å². The third-order valence-electron chi connectivity index (χ3n) is 2.84. The Morgan fingerprint density at radius 3 is 2.65 bits per heavy atom. The molecule has 1 N–H and O–H groups in total. The summed E-state index contributed by atoms with van der Waals surface area (Å²) in [5, 5.41) is 3.38. The molecule has 2 aromatic rings. The number of benzene rings is 1. The summed E-state index contributed by atoms with van der Waals surface area (Å²) in [5.74, 6) is 0.455. The minimum Gasteiger partial charge on any atom is -0.481 e. The number of ether oxygens (including phenoxy) is 2. The van der Waals surface area contributed by atoms with Gasteiger partial charge in [0.15, 0.2) is 6.10 Å². The molecule has 1 unspecified atom stereocenters. The van der Waals surface area contributed by atoms with Gasteiger partial charge in [-0.25, -0.2) is 4.98 Å². The molecule has 0 spiro atoms. The highest BCUT2D eigenvalue weighted by molar-refractivity contribution is 6.35. The highest BCUT2D eigenvalue weighted by Gasteiger charge is 2.18. The molecule has 0 aliphatic carbocycles. The van der Waals surface area contributed by atoms with Crippen LogP contribution in [0.2, 0.25) is 10.0 Å². The molecule has 0 saturated carbocycles. The number of methoxy groups -OCH3 is 1. The summed E-state index contributed by atoms with van der Waals surface area (Å²) in [4.78, 5) is 20.3. The van der Waals surface area contributed by atoms with E-state index in [1.54, 1.807) is 32.0 Å². The molecule has 6 nitrogen and oxygen atoms in total. The number of anilines is 1. The highest BCUT2D eigenvalue weighted by atomic mass is 35.5. The average Bonchev–Trinajstić information content (AvgIpc) is 2.49. The Labute approximate surface area is 143 Å². The van der Waals surface area contributed by atoms with Crippen molar-refractivity contribution >= 4 is 35.1 Å². The van der Waals surface area contributed by atoms with Gasteiger partial charge in [0.1, 0.15) is 5.75 Å². The molecule has 0 aliphatic rings.